The van der Waals surface area contributed by atoms with Crippen molar-refractivity contribution in [3.05, 3.63) is 35.6 Å². The molecule has 0 aliphatic heterocycles. The fraction of sp³-hybridized carbons (Fsp3) is 0.385. The van der Waals surface area contributed by atoms with Crippen LogP contribution in [0.15, 0.2) is 24.3 Å². The van der Waals surface area contributed by atoms with Crippen LogP contribution in [-0.4, -0.2) is 32.2 Å². The van der Waals surface area contributed by atoms with Gasteiger partial charge in [-0.05, 0) is 24.1 Å². The van der Waals surface area contributed by atoms with Crippen LogP contribution in [0.3, 0.4) is 0 Å². The smallest absolute Gasteiger partial charge is 0.314 e. The van der Waals surface area contributed by atoms with Crippen molar-refractivity contribution >= 4 is 12.0 Å². The maximum absolute atomic E-state index is 12.7. The molecule has 1 rings (SSSR count). The molecule has 2 N–H and O–H groups in total. The Kier molecular flexibility index (Phi) is 6.35. The quantitative estimate of drug-likeness (QED) is 0.763. The lowest BCUT2D eigenvalue weighted by Gasteiger charge is -2.07. The van der Waals surface area contributed by atoms with Crippen LogP contribution in [-0.2, 0) is 16.0 Å². The number of hydrogen-bond donors (Lipinski definition) is 2. The molecular formula is C13H17FN2O3. The first-order valence-electron chi connectivity index (χ1n) is 5.95. The molecule has 0 aromatic heterocycles. The molecule has 0 bridgehead atoms. The van der Waals surface area contributed by atoms with Crippen molar-refractivity contribution in [3.63, 3.8) is 0 Å². The highest BCUT2D eigenvalue weighted by Gasteiger charge is 2.03. The lowest BCUT2D eigenvalue weighted by molar-refractivity contribution is -0.140. The number of hydrogen-bond acceptors (Lipinski definition) is 3. The Labute approximate surface area is 111 Å². The molecule has 0 saturated carbocycles. The van der Waals surface area contributed by atoms with Gasteiger partial charge in [-0.3, -0.25) is 4.79 Å². The summed E-state index contributed by atoms with van der Waals surface area (Å²) < 4.78 is 17.1. The summed E-state index contributed by atoms with van der Waals surface area (Å²) in [6, 6.07) is 5.77. The molecule has 19 heavy (non-hydrogen) atoms. The van der Waals surface area contributed by atoms with Gasteiger partial charge >= 0.3 is 12.0 Å². The van der Waals surface area contributed by atoms with Crippen LogP contribution in [0, 0.1) is 5.82 Å². The van der Waals surface area contributed by atoms with Crippen molar-refractivity contribution in [2.45, 2.75) is 12.8 Å². The zero-order chi connectivity index (χ0) is 14.1. The Morgan fingerprint density at radius 1 is 1.16 bits per heavy atom. The standard InChI is InChI=1S/C13H17FN2O3/c1-19-12(17)7-9-16-13(18)15-8-6-10-2-4-11(14)5-3-10/h2-5H,6-9H2,1H3,(H2,15,16,18). The topological polar surface area (TPSA) is 67.4 Å². The van der Waals surface area contributed by atoms with Gasteiger partial charge in [0.1, 0.15) is 5.82 Å². The highest BCUT2D eigenvalue weighted by molar-refractivity contribution is 5.75. The number of benzene rings is 1. The van der Waals surface area contributed by atoms with E-state index in [-0.39, 0.29) is 30.8 Å². The summed E-state index contributed by atoms with van der Waals surface area (Å²) in [7, 11) is 1.30. The second kappa shape index (κ2) is 8.07. The number of carbonyl (C=O) groups excluding carboxylic acids is 2. The first kappa shape index (κ1) is 14.9. The molecule has 0 spiro atoms. The minimum Gasteiger partial charge on any atom is -0.469 e. The molecule has 0 atom stereocenters. The summed E-state index contributed by atoms with van der Waals surface area (Å²) in [6.07, 6.45) is 0.757. The summed E-state index contributed by atoms with van der Waals surface area (Å²) in [5, 5.41) is 5.17. The Morgan fingerprint density at radius 2 is 1.79 bits per heavy atom. The molecule has 0 aliphatic rings. The van der Waals surface area contributed by atoms with Gasteiger partial charge in [-0.2, -0.15) is 0 Å². The van der Waals surface area contributed by atoms with Gasteiger partial charge in [0, 0.05) is 13.1 Å². The SMILES string of the molecule is COC(=O)CCNC(=O)NCCc1ccc(F)cc1. The van der Waals surface area contributed by atoms with Crippen molar-refractivity contribution in [1.82, 2.24) is 10.6 Å². The summed E-state index contributed by atoms with van der Waals surface area (Å²) >= 11 is 0. The predicted octanol–water partition coefficient (Wildman–Crippen LogP) is 1.23. The van der Waals surface area contributed by atoms with Crippen LogP contribution in [0.5, 0.6) is 0 Å². The average Bonchev–Trinajstić information content (AvgIpc) is 2.41. The fourth-order valence-electron chi connectivity index (χ4n) is 1.41. The van der Waals surface area contributed by atoms with Gasteiger partial charge in [0.2, 0.25) is 0 Å². The highest BCUT2D eigenvalue weighted by Crippen LogP contribution is 2.02. The van der Waals surface area contributed by atoms with Crippen molar-refractivity contribution in [2.75, 3.05) is 20.2 Å². The maximum atomic E-state index is 12.7. The van der Waals surface area contributed by atoms with Gasteiger partial charge in [-0.1, -0.05) is 12.1 Å². The van der Waals surface area contributed by atoms with Gasteiger partial charge in [-0.15, -0.1) is 0 Å². The summed E-state index contributed by atoms with van der Waals surface area (Å²) in [4.78, 5) is 22.1. The van der Waals surface area contributed by atoms with E-state index >= 15 is 0 Å². The normalized spacial score (nSPS) is 9.79. The molecule has 0 unspecified atom stereocenters. The molecule has 1 aromatic carbocycles. The molecular weight excluding hydrogens is 251 g/mol. The minimum absolute atomic E-state index is 0.141. The molecule has 2 amide bonds. The second-order valence-corrected chi connectivity index (χ2v) is 3.89. The Morgan fingerprint density at radius 3 is 2.42 bits per heavy atom. The van der Waals surface area contributed by atoms with Crippen molar-refractivity contribution < 1.29 is 18.7 Å². The number of halogens is 1. The maximum Gasteiger partial charge on any atom is 0.314 e. The summed E-state index contributed by atoms with van der Waals surface area (Å²) in [5.74, 6) is -0.649. The van der Waals surface area contributed by atoms with Crippen molar-refractivity contribution in [3.8, 4) is 0 Å². The van der Waals surface area contributed by atoms with Crippen LogP contribution >= 0.6 is 0 Å². The van der Waals surface area contributed by atoms with Crippen molar-refractivity contribution in [1.29, 1.82) is 0 Å². The predicted molar refractivity (Wildman–Crippen MR) is 68.1 cm³/mol. The molecule has 0 saturated heterocycles. The number of methoxy groups -OCH3 is 1. The monoisotopic (exact) mass is 268 g/mol. The Balaban J connectivity index is 2.13. The van der Waals surface area contributed by atoms with Gasteiger partial charge in [-0.25, -0.2) is 9.18 Å². The molecule has 5 nitrogen and oxygen atoms in total. The van der Waals surface area contributed by atoms with E-state index in [2.05, 4.69) is 15.4 Å². The van der Waals surface area contributed by atoms with Crippen LogP contribution < -0.4 is 10.6 Å². The number of rotatable bonds is 6. The second-order valence-electron chi connectivity index (χ2n) is 3.89. The van der Waals surface area contributed by atoms with Gasteiger partial charge in [0.25, 0.3) is 0 Å². The molecule has 6 heteroatoms. The van der Waals surface area contributed by atoms with Crippen molar-refractivity contribution in [2.24, 2.45) is 0 Å². The number of ether oxygens (including phenoxy) is 1. The van der Waals surface area contributed by atoms with Gasteiger partial charge < -0.3 is 15.4 Å². The number of urea groups is 1. The molecule has 0 radical (unpaired) electrons. The Hall–Kier alpha value is -2.11. The lowest BCUT2D eigenvalue weighted by Crippen LogP contribution is -2.37. The van der Waals surface area contributed by atoms with E-state index in [0.717, 1.165) is 5.56 Å². The van der Waals surface area contributed by atoms with Crippen LogP contribution in [0.1, 0.15) is 12.0 Å². The number of amides is 2. The van der Waals surface area contributed by atoms with E-state index in [4.69, 9.17) is 0 Å². The first-order valence-corrected chi connectivity index (χ1v) is 5.95. The molecule has 0 heterocycles. The molecule has 0 fully saturated rings. The molecule has 1 aromatic rings. The number of esters is 1. The largest absolute Gasteiger partial charge is 0.469 e. The van der Waals surface area contributed by atoms with E-state index in [1.54, 1.807) is 12.1 Å². The third-order valence-corrected chi connectivity index (χ3v) is 2.45. The van der Waals surface area contributed by atoms with E-state index in [1.165, 1.54) is 19.2 Å². The van der Waals surface area contributed by atoms with E-state index < -0.39 is 0 Å². The lowest BCUT2D eigenvalue weighted by atomic mass is 10.1. The zero-order valence-corrected chi connectivity index (χ0v) is 10.7. The first-order chi connectivity index (χ1) is 9.11. The summed E-state index contributed by atoms with van der Waals surface area (Å²) in [5.41, 5.74) is 0.941. The van der Waals surface area contributed by atoms with Crippen LogP contribution in [0.25, 0.3) is 0 Å². The minimum atomic E-state index is -0.369. The number of nitrogens with one attached hydrogen (secondary N) is 2. The number of carbonyl (C=O) groups is 2. The Bertz CT molecular complexity index is 420. The van der Waals surface area contributed by atoms with E-state index in [0.29, 0.717) is 13.0 Å². The third kappa shape index (κ3) is 6.40. The third-order valence-electron chi connectivity index (χ3n) is 2.45. The highest BCUT2D eigenvalue weighted by atomic mass is 19.1. The zero-order valence-electron chi connectivity index (χ0n) is 10.7. The van der Waals surface area contributed by atoms with E-state index in [9.17, 15) is 14.0 Å². The summed E-state index contributed by atoms with van der Waals surface area (Å²) in [6.45, 7) is 0.671. The average molecular weight is 268 g/mol. The van der Waals surface area contributed by atoms with Gasteiger partial charge in [0.15, 0.2) is 0 Å². The van der Waals surface area contributed by atoms with Crippen LogP contribution in [0.2, 0.25) is 0 Å². The van der Waals surface area contributed by atoms with Gasteiger partial charge in [0.05, 0.1) is 13.5 Å². The molecule has 104 valence electrons. The fourth-order valence-corrected chi connectivity index (χ4v) is 1.41. The molecule has 0 aliphatic carbocycles. The van der Waals surface area contributed by atoms with E-state index in [1.807, 2.05) is 0 Å². The van der Waals surface area contributed by atoms with Crippen LogP contribution in [0.4, 0.5) is 9.18 Å².